The summed E-state index contributed by atoms with van der Waals surface area (Å²) >= 11 is 6.14. The molecule has 1 aliphatic rings. The number of anilines is 1. The maximum atomic E-state index is 11.9. The van der Waals surface area contributed by atoms with Crippen molar-refractivity contribution in [2.45, 2.75) is 26.3 Å². The Morgan fingerprint density at radius 2 is 2.17 bits per heavy atom. The Hall–Kier alpha value is -1.07. The van der Waals surface area contributed by atoms with Gasteiger partial charge in [-0.25, -0.2) is 4.68 Å². The highest BCUT2D eigenvalue weighted by atomic mass is 35.5. The first-order valence-electron chi connectivity index (χ1n) is 6.38. The Balaban J connectivity index is 2.20. The van der Waals surface area contributed by atoms with Crippen LogP contribution in [0.25, 0.3) is 0 Å². The lowest BCUT2D eigenvalue weighted by molar-refractivity contribution is 0.414. The van der Waals surface area contributed by atoms with Gasteiger partial charge in [0.1, 0.15) is 5.02 Å². The Bertz CT molecular complexity index is 466. The fourth-order valence-electron chi connectivity index (χ4n) is 2.31. The van der Waals surface area contributed by atoms with E-state index in [0.717, 1.165) is 38.2 Å². The molecule has 18 heavy (non-hydrogen) atoms. The molecule has 2 rings (SSSR count). The predicted molar refractivity (Wildman–Crippen MR) is 73.2 cm³/mol. The molecule has 1 aliphatic heterocycles. The fourth-order valence-corrected chi connectivity index (χ4v) is 2.58. The van der Waals surface area contributed by atoms with E-state index in [2.05, 4.69) is 10.00 Å². The van der Waals surface area contributed by atoms with E-state index in [1.807, 2.05) is 6.92 Å². The van der Waals surface area contributed by atoms with Crippen molar-refractivity contribution in [3.05, 3.63) is 21.6 Å². The molecule has 0 atom stereocenters. The summed E-state index contributed by atoms with van der Waals surface area (Å²) in [6, 6.07) is 0. The fraction of sp³-hybridized carbons (Fsp3) is 0.667. The molecular weight excluding hydrogens is 252 g/mol. The monoisotopic (exact) mass is 270 g/mol. The lowest BCUT2D eigenvalue weighted by Crippen LogP contribution is -2.37. The number of hydrogen-bond acceptors (Lipinski definition) is 4. The Morgan fingerprint density at radius 3 is 2.72 bits per heavy atom. The highest BCUT2D eigenvalue weighted by molar-refractivity contribution is 6.33. The van der Waals surface area contributed by atoms with Crippen molar-refractivity contribution >= 4 is 17.3 Å². The summed E-state index contributed by atoms with van der Waals surface area (Å²) in [5, 5.41) is 4.40. The van der Waals surface area contributed by atoms with Crippen LogP contribution in [0.2, 0.25) is 5.02 Å². The van der Waals surface area contributed by atoms with Gasteiger partial charge < -0.3 is 10.6 Å². The van der Waals surface area contributed by atoms with Gasteiger partial charge in [0.05, 0.1) is 11.9 Å². The smallest absolute Gasteiger partial charge is 0.287 e. The molecule has 2 N–H and O–H groups in total. The standard InChI is InChI=1S/C12H19ClN4O/c1-2-17-12(18)11(13)10(8-15-17)16-5-3-9(7-14)4-6-16/h8-9H,2-7,14H2,1H3. The molecule has 0 bridgehead atoms. The molecule has 0 spiro atoms. The third-order valence-corrected chi connectivity index (χ3v) is 3.91. The average Bonchev–Trinajstić information content (AvgIpc) is 2.42. The SMILES string of the molecule is CCn1ncc(N2CCC(CN)CC2)c(Cl)c1=O. The summed E-state index contributed by atoms with van der Waals surface area (Å²) in [5.74, 6) is 0.587. The minimum Gasteiger partial charge on any atom is -0.369 e. The van der Waals surface area contributed by atoms with Gasteiger partial charge in [0.2, 0.25) is 0 Å². The quantitative estimate of drug-likeness (QED) is 0.893. The molecule has 0 aliphatic carbocycles. The van der Waals surface area contributed by atoms with Crippen LogP contribution >= 0.6 is 11.6 Å². The summed E-state index contributed by atoms with van der Waals surface area (Å²) in [6.45, 7) is 4.92. The molecule has 1 aromatic rings. The van der Waals surface area contributed by atoms with Crippen LogP contribution in [0.15, 0.2) is 11.0 Å². The molecular formula is C12H19ClN4O. The molecule has 5 nitrogen and oxygen atoms in total. The lowest BCUT2D eigenvalue weighted by Gasteiger charge is -2.33. The molecule has 0 radical (unpaired) electrons. The molecule has 2 heterocycles. The van der Waals surface area contributed by atoms with Gasteiger partial charge in [-0.1, -0.05) is 11.6 Å². The van der Waals surface area contributed by atoms with Gasteiger partial charge in [-0.3, -0.25) is 4.79 Å². The van der Waals surface area contributed by atoms with Crippen molar-refractivity contribution < 1.29 is 0 Å². The number of nitrogens with zero attached hydrogens (tertiary/aromatic N) is 3. The highest BCUT2D eigenvalue weighted by Gasteiger charge is 2.21. The highest BCUT2D eigenvalue weighted by Crippen LogP contribution is 2.26. The summed E-state index contributed by atoms with van der Waals surface area (Å²) in [5.41, 5.74) is 6.21. The molecule has 1 saturated heterocycles. The van der Waals surface area contributed by atoms with Crippen molar-refractivity contribution in [2.24, 2.45) is 11.7 Å². The van der Waals surface area contributed by atoms with E-state index in [1.165, 1.54) is 4.68 Å². The van der Waals surface area contributed by atoms with Crippen LogP contribution in [0.4, 0.5) is 5.69 Å². The van der Waals surface area contributed by atoms with Crippen molar-refractivity contribution in [1.82, 2.24) is 9.78 Å². The van der Waals surface area contributed by atoms with E-state index in [0.29, 0.717) is 12.5 Å². The number of piperidine rings is 1. The average molecular weight is 271 g/mol. The van der Waals surface area contributed by atoms with E-state index in [4.69, 9.17) is 17.3 Å². The molecule has 0 amide bonds. The maximum Gasteiger partial charge on any atom is 0.287 e. The van der Waals surface area contributed by atoms with Crippen molar-refractivity contribution in [3.8, 4) is 0 Å². The van der Waals surface area contributed by atoms with Crippen molar-refractivity contribution in [2.75, 3.05) is 24.5 Å². The minimum absolute atomic E-state index is 0.211. The third-order valence-electron chi connectivity index (χ3n) is 3.55. The zero-order chi connectivity index (χ0) is 13.1. The molecule has 1 fully saturated rings. The Morgan fingerprint density at radius 1 is 1.50 bits per heavy atom. The van der Waals surface area contributed by atoms with Crippen LogP contribution in [0, 0.1) is 5.92 Å². The van der Waals surface area contributed by atoms with Crippen LogP contribution in [-0.2, 0) is 6.54 Å². The van der Waals surface area contributed by atoms with E-state index < -0.39 is 0 Å². The van der Waals surface area contributed by atoms with Crippen LogP contribution in [0.1, 0.15) is 19.8 Å². The second-order valence-corrected chi connectivity index (χ2v) is 5.01. The third kappa shape index (κ3) is 2.52. The first-order chi connectivity index (χ1) is 8.67. The Labute approximate surface area is 112 Å². The number of nitrogens with two attached hydrogens (primary N) is 1. The minimum atomic E-state index is -0.211. The van der Waals surface area contributed by atoms with Gasteiger partial charge in [0.15, 0.2) is 0 Å². The first kappa shape index (κ1) is 13.4. The van der Waals surface area contributed by atoms with Gasteiger partial charge >= 0.3 is 0 Å². The molecule has 6 heteroatoms. The first-order valence-corrected chi connectivity index (χ1v) is 6.75. The predicted octanol–water partition coefficient (Wildman–Crippen LogP) is 1.09. The summed E-state index contributed by atoms with van der Waals surface area (Å²) in [6.07, 6.45) is 3.78. The van der Waals surface area contributed by atoms with Crippen LogP contribution in [0.5, 0.6) is 0 Å². The Kier molecular flexibility index (Phi) is 4.24. The number of halogens is 1. The van der Waals surface area contributed by atoms with E-state index in [-0.39, 0.29) is 10.6 Å². The van der Waals surface area contributed by atoms with Gasteiger partial charge in [0, 0.05) is 19.6 Å². The molecule has 100 valence electrons. The van der Waals surface area contributed by atoms with Gasteiger partial charge in [-0.2, -0.15) is 5.10 Å². The van der Waals surface area contributed by atoms with Crippen LogP contribution in [0.3, 0.4) is 0 Å². The molecule has 0 unspecified atom stereocenters. The normalized spacial score (nSPS) is 17.2. The van der Waals surface area contributed by atoms with Crippen LogP contribution in [-0.4, -0.2) is 29.4 Å². The van der Waals surface area contributed by atoms with Crippen molar-refractivity contribution in [1.29, 1.82) is 0 Å². The second kappa shape index (κ2) is 5.71. The zero-order valence-electron chi connectivity index (χ0n) is 10.6. The summed E-state index contributed by atoms with van der Waals surface area (Å²) < 4.78 is 1.37. The van der Waals surface area contributed by atoms with Gasteiger partial charge in [0.25, 0.3) is 5.56 Å². The zero-order valence-corrected chi connectivity index (χ0v) is 11.4. The van der Waals surface area contributed by atoms with Crippen LogP contribution < -0.4 is 16.2 Å². The van der Waals surface area contributed by atoms with E-state index in [9.17, 15) is 4.79 Å². The maximum absolute atomic E-state index is 11.9. The largest absolute Gasteiger partial charge is 0.369 e. The van der Waals surface area contributed by atoms with Crippen molar-refractivity contribution in [3.63, 3.8) is 0 Å². The molecule has 0 saturated carbocycles. The number of aryl methyl sites for hydroxylation is 1. The van der Waals surface area contributed by atoms with Gasteiger partial charge in [-0.15, -0.1) is 0 Å². The lowest BCUT2D eigenvalue weighted by atomic mass is 9.97. The van der Waals surface area contributed by atoms with Gasteiger partial charge in [-0.05, 0) is 32.2 Å². The summed E-state index contributed by atoms with van der Waals surface area (Å²) in [7, 11) is 0. The van der Waals surface area contributed by atoms with E-state index in [1.54, 1.807) is 6.20 Å². The second-order valence-electron chi connectivity index (χ2n) is 4.63. The molecule has 1 aromatic heterocycles. The molecule has 0 aromatic carbocycles. The number of rotatable bonds is 3. The number of hydrogen-bond donors (Lipinski definition) is 1. The topological polar surface area (TPSA) is 64.2 Å². The van der Waals surface area contributed by atoms with E-state index >= 15 is 0 Å². The number of aromatic nitrogens is 2. The summed E-state index contributed by atoms with van der Waals surface area (Å²) in [4.78, 5) is 14.0.